The van der Waals surface area contributed by atoms with Crippen LogP contribution in [0.1, 0.15) is 177 Å². The zero-order chi connectivity index (χ0) is 33.0. The van der Waals surface area contributed by atoms with Gasteiger partial charge in [-0.2, -0.15) is 0 Å². The highest BCUT2D eigenvalue weighted by Gasteiger charge is 2.59. The first-order valence-corrected chi connectivity index (χ1v) is 20.7. The van der Waals surface area contributed by atoms with Crippen LogP contribution in [0.2, 0.25) is 0 Å². The summed E-state index contributed by atoms with van der Waals surface area (Å²) in [6.45, 7) is 20.6. The third-order valence-electron chi connectivity index (χ3n) is 13.9. The molecule has 9 atom stereocenters. The molecule has 0 aliphatic heterocycles. The molecule has 0 heterocycles. The first kappa shape index (κ1) is 38.4. The molecule has 0 saturated heterocycles. The lowest BCUT2D eigenvalue weighted by atomic mass is 9.47. The van der Waals surface area contributed by atoms with Crippen molar-refractivity contribution in [3.63, 3.8) is 0 Å². The van der Waals surface area contributed by atoms with Crippen molar-refractivity contribution in [2.75, 3.05) is 26.4 Å². The molecule has 0 amide bonds. The second-order valence-electron chi connectivity index (χ2n) is 17.5. The monoisotopic (exact) mass is 643 g/mol. The van der Waals surface area contributed by atoms with Crippen molar-refractivity contribution >= 4 is 0 Å². The molecule has 4 aliphatic rings. The predicted octanol–water partition coefficient (Wildman–Crippen LogP) is 12.4. The number of allylic oxidation sites excluding steroid dienone is 1. The van der Waals surface area contributed by atoms with E-state index in [9.17, 15) is 0 Å². The van der Waals surface area contributed by atoms with E-state index in [0.29, 0.717) is 16.9 Å². The van der Waals surface area contributed by atoms with Crippen molar-refractivity contribution in [1.82, 2.24) is 0 Å². The molecule has 4 aliphatic carbocycles. The number of hydrogen-bond acceptors (Lipinski definition) is 3. The van der Waals surface area contributed by atoms with Crippen molar-refractivity contribution in [3.8, 4) is 0 Å². The summed E-state index contributed by atoms with van der Waals surface area (Å²) >= 11 is 0. The van der Waals surface area contributed by atoms with Gasteiger partial charge in [0.1, 0.15) is 0 Å². The van der Waals surface area contributed by atoms with Crippen molar-refractivity contribution < 1.29 is 14.2 Å². The molecule has 46 heavy (non-hydrogen) atoms. The quantitative estimate of drug-likeness (QED) is 0.0868. The van der Waals surface area contributed by atoms with Crippen LogP contribution in [0.5, 0.6) is 0 Å². The summed E-state index contributed by atoms with van der Waals surface area (Å²) in [6, 6.07) is 0. The number of rotatable bonds is 22. The Balaban J connectivity index is 1.14. The molecule has 3 fully saturated rings. The average Bonchev–Trinajstić information content (AvgIpc) is 3.40. The highest BCUT2D eigenvalue weighted by molar-refractivity contribution is 5.25. The van der Waals surface area contributed by atoms with Crippen LogP contribution in [0.25, 0.3) is 0 Å². The molecular weight excluding hydrogens is 564 g/mol. The zero-order valence-electron chi connectivity index (χ0n) is 31.9. The van der Waals surface area contributed by atoms with Gasteiger partial charge in [-0.15, -0.1) is 0 Å². The van der Waals surface area contributed by atoms with Gasteiger partial charge in [-0.25, -0.2) is 0 Å². The molecule has 268 valence electrons. The molecule has 3 unspecified atom stereocenters. The molecule has 3 saturated carbocycles. The zero-order valence-corrected chi connectivity index (χ0v) is 31.9. The Morgan fingerprint density at radius 1 is 0.783 bits per heavy atom. The van der Waals surface area contributed by atoms with Crippen LogP contribution in [-0.4, -0.2) is 38.6 Å². The Morgan fingerprint density at radius 2 is 1.54 bits per heavy atom. The SMILES string of the molecule is CCCCCCCCOC[C@H](CC)OCCCCO[C@H]1CC[C@@]2(C)C(=CCC3C2CC[C@@]2(C)C3CC[C@@H]2[C@H](C)CCCC(C)C)C1. The van der Waals surface area contributed by atoms with Crippen LogP contribution in [-0.2, 0) is 14.2 Å². The second kappa shape index (κ2) is 19.1. The molecular formula is C43H78O3. The summed E-state index contributed by atoms with van der Waals surface area (Å²) in [4.78, 5) is 0. The van der Waals surface area contributed by atoms with Crippen molar-refractivity contribution in [1.29, 1.82) is 0 Å². The lowest BCUT2D eigenvalue weighted by Crippen LogP contribution is -2.51. The smallest absolute Gasteiger partial charge is 0.0805 e. The molecule has 0 aromatic carbocycles. The van der Waals surface area contributed by atoms with E-state index in [1.807, 2.05) is 0 Å². The topological polar surface area (TPSA) is 27.7 Å². The van der Waals surface area contributed by atoms with E-state index in [2.05, 4.69) is 54.5 Å². The Labute approximate surface area is 287 Å². The number of fused-ring (bicyclic) bond motifs is 5. The van der Waals surface area contributed by atoms with Gasteiger partial charge in [0.15, 0.2) is 0 Å². The molecule has 0 bridgehead atoms. The van der Waals surface area contributed by atoms with Crippen molar-refractivity contribution in [3.05, 3.63) is 11.6 Å². The predicted molar refractivity (Wildman–Crippen MR) is 196 cm³/mol. The number of hydrogen-bond donors (Lipinski definition) is 0. The minimum absolute atomic E-state index is 0.241. The van der Waals surface area contributed by atoms with Crippen molar-refractivity contribution in [2.24, 2.45) is 46.3 Å². The molecule has 0 N–H and O–H groups in total. The van der Waals surface area contributed by atoms with Gasteiger partial charge < -0.3 is 14.2 Å². The lowest BCUT2D eigenvalue weighted by molar-refractivity contribution is -0.0647. The van der Waals surface area contributed by atoms with Gasteiger partial charge in [-0.1, -0.05) is 111 Å². The molecule has 3 heteroatoms. The van der Waals surface area contributed by atoms with Crippen LogP contribution in [0, 0.1) is 46.3 Å². The van der Waals surface area contributed by atoms with E-state index >= 15 is 0 Å². The fourth-order valence-corrected chi connectivity index (χ4v) is 11.0. The van der Waals surface area contributed by atoms with E-state index in [0.717, 1.165) is 81.2 Å². The Morgan fingerprint density at radius 3 is 2.33 bits per heavy atom. The minimum atomic E-state index is 0.241. The Kier molecular flexibility index (Phi) is 16.0. The van der Waals surface area contributed by atoms with E-state index < -0.39 is 0 Å². The van der Waals surface area contributed by atoms with E-state index in [-0.39, 0.29) is 6.10 Å². The van der Waals surface area contributed by atoms with Gasteiger partial charge in [-0.3, -0.25) is 0 Å². The van der Waals surface area contributed by atoms with Crippen LogP contribution >= 0.6 is 0 Å². The summed E-state index contributed by atoms with van der Waals surface area (Å²) in [5.41, 5.74) is 2.77. The standard InChI is InChI=1S/C43H78O3/c1-8-10-11-12-13-14-28-44-32-36(9-2)45-29-15-16-30-46-37-24-26-42(6)35(31-37)20-21-38-40-23-22-39(34(5)19-17-18-33(3)4)43(40,7)27-25-41(38)42/h20,33-34,36-41H,8-19,21-32H2,1-7H3/t34-,36+,37+,38?,39-,40?,41?,42+,43-/m1/s1. The summed E-state index contributed by atoms with van der Waals surface area (Å²) in [7, 11) is 0. The first-order chi connectivity index (χ1) is 22.2. The average molecular weight is 643 g/mol. The summed E-state index contributed by atoms with van der Waals surface area (Å²) in [5, 5.41) is 0. The van der Waals surface area contributed by atoms with E-state index in [4.69, 9.17) is 14.2 Å². The Bertz CT molecular complexity index is 881. The van der Waals surface area contributed by atoms with Gasteiger partial charge in [-0.05, 0) is 123 Å². The maximum absolute atomic E-state index is 6.52. The van der Waals surface area contributed by atoms with Crippen LogP contribution < -0.4 is 0 Å². The second-order valence-corrected chi connectivity index (χ2v) is 17.5. The highest BCUT2D eigenvalue weighted by Crippen LogP contribution is 2.67. The molecule has 0 radical (unpaired) electrons. The largest absolute Gasteiger partial charge is 0.379 e. The summed E-state index contributed by atoms with van der Waals surface area (Å²) < 4.78 is 18.6. The number of unbranched alkanes of at least 4 members (excludes halogenated alkanes) is 6. The van der Waals surface area contributed by atoms with Crippen molar-refractivity contribution in [2.45, 2.75) is 189 Å². The van der Waals surface area contributed by atoms with E-state index in [1.54, 1.807) is 5.57 Å². The minimum Gasteiger partial charge on any atom is -0.379 e. The van der Waals surface area contributed by atoms with Gasteiger partial charge >= 0.3 is 0 Å². The third-order valence-corrected chi connectivity index (χ3v) is 13.9. The maximum atomic E-state index is 6.52. The van der Waals surface area contributed by atoms with Crippen LogP contribution in [0.15, 0.2) is 11.6 Å². The molecule has 3 nitrogen and oxygen atoms in total. The maximum Gasteiger partial charge on any atom is 0.0805 e. The van der Waals surface area contributed by atoms with Gasteiger partial charge in [0.05, 0.1) is 18.8 Å². The highest BCUT2D eigenvalue weighted by atomic mass is 16.5. The van der Waals surface area contributed by atoms with Crippen LogP contribution in [0.4, 0.5) is 0 Å². The summed E-state index contributed by atoms with van der Waals surface area (Å²) in [6.07, 6.45) is 29.8. The fraction of sp³-hybridized carbons (Fsp3) is 0.953. The normalized spacial score (nSPS) is 33.7. The fourth-order valence-electron chi connectivity index (χ4n) is 11.0. The Hall–Kier alpha value is -0.380. The van der Waals surface area contributed by atoms with Gasteiger partial charge in [0.2, 0.25) is 0 Å². The molecule has 0 aromatic heterocycles. The van der Waals surface area contributed by atoms with Crippen LogP contribution in [0.3, 0.4) is 0 Å². The first-order valence-electron chi connectivity index (χ1n) is 20.7. The van der Waals surface area contributed by atoms with E-state index in [1.165, 1.54) is 109 Å². The molecule has 4 rings (SSSR count). The number of ether oxygens (including phenoxy) is 3. The third kappa shape index (κ3) is 10.1. The molecule has 0 aromatic rings. The van der Waals surface area contributed by atoms with Gasteiger partial charge in [0.25, 0.3) is 0 Å². The summed E-state index contributed by atoms with van der Waals surface area (Å²) in [5.74, 6) is 5.48. The van der Waals surface area contributed by atoms with Gasteiger partial charge in [0, 0.05) is 19.8 Å². The molecule has 0 spiro atoms. The lowest BCUT2D eigenvalue weighted by Gasteiger charge is -2.58.